The first-order valence-electron chi connectivity index (χ1n) is 8.97. The zero-order chi connectivity index (χ0) is 19.5. The Balaban J connectivity index is 1.73. The quantitative estimate of drug-likeness (QED) is 0.302. The van der Waals surface area contributed by atoms with E-state index in [1.54, 1.807) is 11.3 Å². The minimum atomic E-state index is 0.606. The Labute approximate surface area is 176 Å². The maximum Gasteiger partial charge on any atom is 0.231 e. The highest BCUT2D eigenvalue weighted by molar-refractivity contribution is 7.22. The fourth-order valence-electron chi connectivity index (χ4n) is 2.80. The van der Waals surface area contributed by atoms with Gasteiger partial charge in [-0.05, 0) is 32.0 Å². The number of aromatic nitrogens is 2. The van der Waals surface area contributed by atoms with Crippen molar-refractivity contribution >= 4 is 59.8 Å². The zero-order valence-corrected chi connectivity index (χ0v) is 17.9. The highest BCUT2D eigenvalue weighted by atomic mass is 35.5. The molecule has 0 unspecified atom stereocenters. The molecule has 28 heavy (non-hydrogen) atoms. The summed E-state index contributed by atoms with van der Waals surface area (Å²) in [6.07, 6.45) is 0. The number of benzene rings is 2. The Bertz CT molecular complexity index is 1120. The number of rotatable bonds is 6. The Morgan fingerprint density at radius 1 is 0.964 bits per heavy atom. The number of hydrogen-bond donors (Lipinski definition) is 0. The molecule has 0 saturated carbocycles. The van der Waals surface area contributed by atoms with E-state index in [1.165, 1.54) is 11.3 Å². The number of halogens is 1. The lowest BCUT2D eigenvalue weighted by molar-refractivity contribution is 0.860. The predicted octanol–water partition coefficient (Wildman–Crippen LogP) is 7.33. The summed E-state index contributed by atoms with van der Waals surface area (Å²) in [5, 5.41) is 11.9. The summed E-state index contributed by atoms with van der Waals surface area (Å²) in [5.74, 6) is 0. The lowest BCUT2D eigenvalue weighted by atomic mass is 10.2. The van der Waals surface area contributed by atoms with Crippen molar-refractivity contribution < 1.29 is 0 Å². The van der Waals surface area contributed by atoms with Gasteiger partial charge in [0.1, 0.15) is 5.69 Å². The van der Waals surface area contributed by atoms with Gasteiger partial charge in [-0.3, -0.25) is 0 Å². The van der Waals surface area contributed by atoms with Crippen LogP contribution in [0.1, 0.15) is 13.8 Å². The Hall–Kier alpha value is -2.35. The Morgan fingerprint density at radius 2 is 1.75 bits per heavy atom. The second kappa shape index (κ2) is 8.34. The largest absolute Gasteiger partial charge is 0.349 e. The lowest BCUT2D eigenvalue weighted by Gasteiger charge is -2.16. The summed E-state index contributed by atoms with van der Waals surface area (Å²) in [6.45, 7) is 6.04. The van der Waals surface area contributed by atoms with Crippen LogP contribution in [0.4, 0.5) is 15.3 Å². The molecular formula is C20H18ClN5S2. The van der Waals surface area contributed by atoms with E-state index in [9.17, 15) is 0 Å². The molecule has 2 heterocycles. The van der Waals surface area contributed by atoms with Crippen molar-refractivity contribution in [3.8, 4) is 11.3 Å². The number of thiazole rings is 2. The summed E-state index contributed by atoms with van der Waals surface area (Å²) in [5.41, 5.74) is 2.75. The molecule has 4 rings (SSSR count). The Morgan fingerprint density at radius 3 is 2.50 bits per heavy atom. The molecule has 0 spiro atoms. The molecule has 0 atom stereocenters. The molecular weight excluding hydrogens is 410 g/mol. The van der Waals surface area contributed by atoms with Gasteiger partial charge in [0, 0.05) is 23.7 Å². The van der Waals surface area contributed by atoms with Gasteiger partial charge in [0.25, 0.3) is 0 Å². The molecule has 142 valence electrons. The second-order valence-electron chi connectivity index (χ2n) is 6.00. The van der Waals surface area contributed by atoms with Gasteiger partial charge in [-0.25, -0.2) is 9.97 Å². The summed E-state index contributed by atoms with van der Waals surface area (Å²) in [7, 11) is 0. The molecule has 0 aliphatic carbocycles. The van der Waals surface area contributed by atoms with Crippen molar-refractivity contribution in [1.29, 1.82) is 0 Å². The minimum absolute atomic E-state index is 0.606. The van der Waals surface area contributed by atoms with Gasteiger partial charge in [-0.15, -0.1) is 10.2 Å². The normalized spacial score (nSPS) is 11.5. The van der Waals surface area contributed by atoms with Crippen LogP contribution in [0.15, 0.2) is 58.8 Å². The van der Waals surface area contributed by atoms with Crippen molar-refractivity contribution in [3.05, 3.63) is 53.6 Å². The van der Waals surface area contributed by atoms with Gasteiger partial charge < -0.3 is 4.90 Å². The summed E-state index contributed by atoms with van der Waals surface area (Å²) in [6, 6.07) is 15.7. The third kappa shape index (κ3) is 3.92. The molecule has 2 aromatic heterocycles. The number of fused-ring (bicyclic) bond motifs is 1. The van der Waals surface area contributed by atoms with Crippen LogP contribution in [-0.4, -0.2) is 23.1 Å². The minimum Gasteiger partial charge on any atom is -0.349 e. The van der Waals surface area contributed by atoms with Crippen LogP contribution >= 0.6 is 34.3 Å². The van der Waals surface area contributed by atoms with E-state index in [-0.39, 0.29) is 0 Å². The van der Waals surface area contributed by atoms with E-state index in [2.05, 4.69) is 34.0 Å². The van der Waals surface area contributed by atoms with E-state index in [1.807, 2.05) is 48.5 Å². The molecule has 0 bridgehead atoms. The van der Waals surface area contributed by atoms with Gasteiger partial charge in [0.15, 0.2) is 10.1 Å². The van der Waals surface area contributed by atoms with Gasteiger partial charge in [-0.2, -0.15) is 0 Å². The Kier molecular flexibility index (Phi) is 5.66. The van der Waals surface area contributed by atoms with Crippen LogP contribution in [0.2, 0.25) is 5.02 Å². The monoisotopic (exact) mass is 427 g/mol. The number of azo groups is 1. The fraction of sp³-hybridized carbons (Fsp3) is 0.200. The highest BCUT2D eigenvalue weighted by Gasteiger charge is 2.16. The predicted molar refractivity (Wildman–Crippen MR) is 120 cm³/mol. The van der Waals surface area contributed by atoms with Crippen LogP contribution < -0.4 is 4.90 Å². The maximum absolute atomic E-state index is 6.06. The molecule has 0 aliphatic heterocycles. The third-order valence-electron chi connectivity index (χ3n) is 4.24. The van der Waals surface area contributed by atoms with E-state index in [4.69, 9.17) is 16.6 Å². The van der Waals surface area contributed by atoms with Gasteiger partial charge in [0.05, 0.1) is 10.2 Å². The third-order valence-corrected chi connectivity index (χ3v) is 6.38. The molecule has 5 nitrogen and oxygen atoms in total. The number of nitrogens with zero attached hydrogens (tertiary/aromatic N) is 5. The van der Waals surface area contributed by atoms with Crippen LogP contribution in [-0.2, 0) is 0 Å². The van der Waals surface area contributed by atoms with Crippen LogP contribution in [0.25, 0.3) is 21.5 Å². The highest BCUT2D eigenvalue weighted by Crippen LogP contribution is 2.41. The van der Waals surface area contributed by atoms with Crippen molar-refractivity contribution in [2.45, 2.75) is 13.8 Å². The smallest absolute Gasteiger partial charge is 0.231 e. The topological polar surface area (TPSA) is 53.7 Å². The molecule has 0 saturated heterocycles. The molecule has 0 aliphatic rings. The lowest BCUT2D eigenvalue weighted by Crippen LogP contribution is -2.21. The molecule has 0 radical (unpaired) electrons. The van der Waals surface area contributed by atoms with Crippen LogP contribution in [0.3, 0.4) is 0 Å². The van der Waals surface area contributed by atoms with Crippen molar-refractivity contribution in [2.24, 2.45) is 10.2 Å². The van der Waals surface area contributed by atoms with E-state index in [0.717, 1.165) is 44.7 Å². The maximum atomic E-state index is 6.06. The van der Waals surface area contributed by atoms with Gasteiger partial charge >= 0.3 is 0 Å². The summed E-state index contributed by atoms with van der Waals surface area (Å²) >= 11 is 9.09. The first-order valence-corrected chi connectivity index (χ1v) is 11.0. The first-order chi connectivity index (χ1) is 13.7. The van der Waals surface area contributed by atoms with Crippen molar-refractivity contribution in [3.63, 3.8) is 0 Å². The van der Waals surface area contributed by atoms with Crippen molar-refractivity contribution in [2.75, 3.05) is 18.0 Å². The molecule has 4 aromatic rings. The van der Waals surface area contributed by atoms with Gasteiger partial charge in [0.2, 0.25) is 5.13 Å². The second-order valence-corrected chi connectivity index (χ2v) is 8.40. The average molecular weight is 428 g/mol. The van der Waals surface area contributed by atoms with Crippen LogP contribution in [0, 0.1) is 0 Å². The molecule has 8 heteroatoms. The number of hydrogen-bond acceptors (Lipinski definition) is 7. The van der Waals surface area contributed by atoms with Crippen LogP contribution in [0.5, 0.6) is 0 Å². The van der Waals surface area contributed by atoms with E-state index < -0.39 is 0 Å². The summed E-state index contributed by atoms with van der Waals surface area (Å²) in [4.78, 5) is 11.6. The first kappa shape index (κ1) is 19.0. The fourth-order valence-corrected chi connectivity index (χ4v) is 4.90. The molecule has 0 fully saturated rings. The van der Waals surface area contributed by atoms with Gasteiger partial charge in [-0.1, -0.05) is 64.6 Å². The summed E-state index contributed by atoms with van der Waals surface area (Å²) < 4.78 is 0.998. The van der Waals surface area contributed by atoms with E-state index >= 15 is 0 Å². The number of anilines is 1. The average Bonchev–Trinajstić information content (AvgIpc) is 3.31. The van der Waals surface area contributed by atoms with Crippen molar-refractivity contribution in [1.82, 2.24) is 9.97 Å². The standard InChI is InChI=1S/C20H18ClN5S2/c1-3-26(4-2)20-23-17(13-8-6-5-7-9-13)18(28-20)24-25-19-22-15-11-10-14(21)12-16(15)27-19/h5-12H,3-4H2,1-2H3/b25-24+. The molecule has 0 amide bonds. The van der Waals surface area contributed by atoms with E-state index in [0.29, 0.717) is 10.2 Å². The molecule has 0 N–H and O–H groups in total. The SMILES string of the molecule is CCN(CC)c1nc(-c2ccccc2)c(/N=N/c2nc3ccc(Cl)cc3s2)s1. The molecule has 2 aromatic carbocycles. The zero-order valence-electron chi connectivity index (χ0n) is 15.5.